The molecule has 0 saturated carbocycles. The van der Waals surface area contributed by atoms with Crippen LogP contribution in [0.2, 0.25) is 0 Å². The fourth-order valence-electron chi connectivity index (χ4n) is 3.94. The molecular formula is C26H26N4O7. The second kappa shape index (κ2) is 11.8. The summed E-state index contributed by atoms with van der Waals surface area (Å²) in [4.78, 5) is 89.2. The number of carbonyl (C=O) groups is 7. The van der Waals surface area contributed by atoms with E-state index in [0.717, 1.165) is 4.90 Å². The summed E-state index contributed by atoms with van der Waals surface area (Å²) in [5, 5.41) is 4.80. The molecule has 0 bridgehead atoms. The van der Waals surface area contributed by atoms with Gasteiger partial charge < -0.3 is 20.3 Å². The molecule has 1 aliphatic rings. The number of aldehydes is 1. The number of anilines is 2. The summed E-state index contributed by atoms with van der Waals surface area (Å²) in [5.41, 5.74) is 0.658. The van der Waals surface area contributed by atoms with Gasteiger partial charge in [-0.15, -0.1) is 0 Å². The van der Waals surface area contributed by atoms with Crippen molar-refractivity contribution in [3.05, 3.63) is 60.2 Å². The Morgan fingerprint density at radius 2 is 1.59 bits per heavy atom. The van der Waals surface area contributed by atoms with E-state index in [-0.39, 0.29) is 30.0 Å². The smallest absolute Gasteiger partial charge is 0.293 e. The number of benzene rings is 2. The fourth-order valence-corrected chi connectivity index (χ4v) is 3.94. The Labute approximate surface area is 212 Å². The van der Waals surface area contributed by atoms with E-state index in [2.05, 4.69) is 10.6 Å². The SMILES string of the molecule is CC(=O)C[C@@H](C=O)NC(=O)CN1C(=O)[C@@H](NC(=O)C(=O)c2ccccc2)CN(C(C)=O)c2ccccc21. The number of nitrogens with one attached hydrogen (secondary N) is 2. The third-order valence-electron chi connectivity index (χ3n) is 5.64. The standard InChI is InChI=1S/C26H26N4O7/c1-16(32)12-19(15-31)27-23(34)14-30-22-11-7-6-10-21(22)29(17(2)33)13-20(26(30)37)28-25(36)24(35)18-8-4-3-5-9-18/h3-11,15,19-20H,12-14H2,1-2H3,(H,27,34)(H,28,36)/t19-,20-/m0/s1. The molecule has 2 atom stereocenters. The highest BCUT2D eigenvalue weighted by Gasteiger charge is 2.37. The van der Waals surface area contributed by atoms with Crippen molar-refractivity contribution >= 4 is 52.9 Å². The molecule has 0 aromatic heterocycles. The van der Waals surface area contributed by atoms with Crippen molar-refractivity contribution in [3.63, 3.8) is 0 Å². The predicted molar refractivity (Wildman–Crippen MR) is 133 cm³/mol. The van der Waals surface area contributed by atoms with Crippen LogP contribution in [0.3, 0.4) is 0 Å². The molecule has 2 aromatic rings. The number of Topliss-reactive ketones (excluding diaryl/α,β-unsaturated/α-hetero) is 2. The first kappa shape index (κ1) is 26.9. The summed E-state index contributed by atoms with van der Waals surface area (Å²) in [7, 11) is 0. The molecule has 4 amide bonds. The van der Waals surface area contributed by atoms with E-state index >= 15 is 0 Å². The van der Waals surface area contributed by atoms with Gasteiger partial charge in [-0.05, 0) is 19.1 Å². The largest absolute Gasteiger partial charge is 0.345 e. The Morgan fingerprint density at radius 1 is 0.973 bits per heavy atom. The number of carbonyl (C=O) groups excluding carboxylic acids is 7. The molecule has 11 heteroatoms. The number of nitrogens with zero attached hydrogens (tertiary/aromatic N) is 2. The van der Waals surface area contributed by atoms with Gasteiger partial charge in [0.05, 0.1) is 24.0 Å². The van der Waals surface area contributed by atoms with Crippen LogP contribution < -0.4 is 20.4 Å². The van der Waals surface area contributed by atoms with Crippen LogP contribution in [0, 0.1) is 0 Å². The second-order valence-corrected chi connectivity index (χ2v) is 8.48. The number of amides is 4. The highest BCUT2D eigenvalue weighted by atomic mass is 16.2. The van der Waals surface area contributed by atoms with Gasteiger partial charge in [-0.3, -0.25) is 33.7 Å². The van der Waals surface area contributed by atoms with Crippen molar-refractivity contribution in [1.29, 1.82) is 0 Å². The lowest BCUT2D eigenvalue weighted by Gasteiger charge is -2.25. The molecule has 37 heavy (non-hydrogen) atoms. The molecule has 192 valence electrons. The lowest BCUT2D eigenvalue weighted by molar-refractivity contribution is -0.128. The topological polar surface area (TPSA) is 150 Å². The van der Waals surface area contributed by atoms with Crippen LogP contribution in [0.15, 0.2) is 54.6 Å². The molecule has 2 N–H and O–H groups in total. The number of para-hydroxylation sites is 2. The summed E-state index contributed by atoms with van der Waals surface area (Å²) in [6, 6.07) is 11.7. The Kier molecular flexibility index (Phi) is 8.62. The third-order valence-corrected chi connectivity index (χ3v) is 5.64. The highest BCUT2D eigenvalue weighted by molar-refractivity contribution is 6.43. The first-order valence-electron chi connectivity index (χ1n) is 11.4. The minimum Gasteiger partial charge on any atom is -0.345 e. The van der Waals surface area contributed by atoms with Crippen LogP contribution in [-0.2, 0) is 28.8 Å². The first-order chi connectivity index (χ1) is 17.6. The van der Waals surface area contributed by atoms with Crippen molar-refractivity contribution < 1.29 is 33.6 Å². The van der Waals surface area contributed by atoms with E-state index in [4.69, 9.17) is 0 Å². The summed E-state index contributed by atoms with van der Waals surface area (Å²) in [5.74, 6) is -4.13. The van der Waals surface area contributed by atoms with Gasteiger partial charge in [0.25, 0.3) is 11.8 Å². The van der Waals surface area contributed by atoms with E-state index in [1.807, 2.05) is 0 Å². The Bertz CT molecular complexity index is 1240. The van der Waals surface area contributed by atoms with Crippen LogP contribution >= 0.6 is 0 Å². The minimum atomic E-state index is -1.36. The third kappa shape index (κ3) is 6.51. The maximum absolute atomic E-state index is 13.6. The summed E-state index contributed by atoms with van der Waals surface area (Å²) in [6.07, 6.45) is 0.214. The van der Waals surface area contributed by atoms with Gasteiger partial charge in [0.2, 0.25) is 17.6 Å². The van der Waals surface area contributed by atoms with Gasteiger partial charge in [0, 0.05) is 18.9 Å². The van der Waals surface area contributed by atoms with Gasteiger partial charge in [0.15, 0.2) is 0 Å². The second-order valence-electron chi connectivity index (χ2n) is 8.48. The minimum absolute atomic E-state index is 0.120. The summed E-state index contributed by atoms with van der Waals surface area (Å²) in [6.45, 7) is 1.72. The fraction of sp³-hybridized carbons (Fsp3) is 0.269. The van der Waals surface area contributed by atoms with Crippen LogP contribution in [0.1, 0.15) is 30.6 Å². The van der Waals surface area contributed by atoms with Gasteiger partial charge >= 0.3 is 0 Å². The molecule has 0 unspecified atom stereocenters. The number of hydrogen-bond acceptors (Lipinski definition) is 7. The van der Waals surface area contributed by atoms with Gasteiger partial charge in [-0.25, -0.2) is 0 Å². The van der Waals surface area contributed by atoms with E-state index in [1.165, 1.54) is 36.9 Å². The van der Waals surface area contributed by atoms with E-state index in [9.17, 15) is 33.6 Å². The molecule has 0 fully saturated rings. The zero-order chi connectivity index (χ0) is 27.1. The molecule has 0 aliphatic carbocycles. The van der Waals surface area contributed by atoms with E-state index < -0.39 is 48.0 Å². The van der Waals surface area contributed by atoms with Gasteiger partial charge in [0.1, 0.15) is 24.7 Å². The summed E-state index contributed by atoms with van der Waals surface area (Å²) >= 11 is 0. The quantitative estimate of drug-likeness (QED) is 0.284. The van der Waals surface area contributed by atoms with Crippen LogP contribution in [0.5, 0.6) is 0 Å². The number of fused-ring (bicyclic) bond motifs is 1. The molecule has 0 spiro atoms. The molecule has 0 radical (unpaired) electrons. The number of rotatable bonds is 9. The Morgan fingerprint density at radius 3 is 2.19 bits per heavy atom. The van der Waals surface area contributed by atoms with Crippen LogP contribution in [0.25, 0.3) is 0 Å². The van der Waals surface area contributed by atoms with Gasteiger partial charge in [-0.2, -0.15) is 0 Å². The maximum atomic E-state index is 13.6. The lowest BCUT2D eigenvalue weighted by atomic mass is 10.1. The number of hydrogen-bond donors (Lipinski definition) is 2. The zero-order valence-corrected chi connectivity index (χ0v) is 20.3. The van der Waals surface area contributed by atoms with Crippen molar-refractivity contribution in [1.82, 2.24) is 10.6 Å². The monoisotopic (exact) mass is 506 g/mol. The lowest BCUT2D eigenvalue weighted by Crippen LogP contribution is -2.55. The molecule has 1 aliphatic heterocycles. The molecule has 3 rings (SSSR count). The zero-order valence-electron chi connectivity index (χ0n) is 20.3. The Hall–Kier alpha value is -4.67. The first-order valence-corrected chi connectivity index (χ1v) is 11.4. The summed E-state index contributed by atoms with van der Waals surface area (Å²) < 4.78 is 0. The molecule has 0 saturated heterocycles. The normalized spacial score (nSPS) is 15.6. The van der Waals surface area contributed by atoms with Crippen molar-refractivity contribution in [2.75, 3.05) is 22.9 Å². The van der Waals surface area contributed by atoms with Crippen molar-refractivity contribution in [2.45, 2.75) is 32.4 Å². The van der Waals surface area contributed by atoms with E-state index in [0.29, 0.717) is 12.0 Å². The average molecular weight is 507 g/mol. The van der Waals surface area contributed by atoms with E-state index in [1.54, 1.807) is 36.4 Å². The molecule has 2 aromatic carbocycles. The molecule has 1 heterocycles. The average Bonchev–Trinajstić information content (AvgIpc) is 2.98. The van der Waals surface area contributed by atoms with Crippen molar-refractivity contribution in [3.8, 4) is 0 Å². The molecular weight excluding hydrogens is 480 g/mol. The number of ketones is 2. The predicted octanol–water partition coefficient (Wildman–Crippen LogP) is 0.417. The van der Waals surface area contributed by atoms with Crippen LogP contribution in [-0.4, -0.2) is 66.7 Å². The van der Waals surface area contributed by atoms with Crippen molar-refractivity contribution in [2.24, 2.45) is 0 Å². The van der Waals surface area contributed by atoms with Crippen LogP contribution in [0.4, 0.5) is 11.4 Å². The Balaban J connectivity index is 1.92. The van der Waals surface area contributed by atoms with Gasteiger partial charge in [-0.1, -0.05) is 42.5 Å². The highest BCUT2D eigenvalue weighted by Crippen LogP contribution is 2.32. The molecule has 11 nitrogen and oxygen atoms in total. The maximum Gasteiger partial charge on any atom is 0.293 e.